The molecule has 3 rings (SSSR count). The normalized spacial score (nSPS) is 18.1. The minimum atomic E-state index is -0.899. The summed E-state index contributed by atoms with van der Waals surface area (Å²) in [6, 6.07) is 4.55. The summed E-state index contributed by atoms with van der Waals surface area (Å²) in [5.74, 6) is -1.40. The molecule has 1 amide bonds. The third-order valence-corrected chi connectivity index (χ3v) is 5.39. The first-order valence-electron chi connectivity index (χ1n) is 7.19. The number of fused-ring (bicyclic) bond motifs is 1. The minimum absolute atomic E-state index is 0.0377. The van der Waals surface area contributed by atoms with Crippen LogP contribution in [0.4, 0.5) is 4.39 Å². The first kappa shape index (κ1) is 15.0. The summed E-state index contributed by atoms with van der Waals surface area (Å²) in [6.45, 7) is 2.31. The molecule has 0 aliphatic carbocycles. The smallest absolute Gasteiger partial charge is 0.305 e. The van der Waals surface area contributed by atoms with Gasteiger partial charge in [0, 0.05) is 22.7 Å². The quantitative estimate of drug-likeness (QED) is 0.942. The van der Waals surface area contributed by atoms with Gasteiger partial charge in [0.05, 0.1) is 11.3 Å². The van der Waals surface area contributed by atoms with E-state index in [1.54, 1.807) is 24.0 Å². The second kappa shape index (κ2) is 5.68. The van der Waals surface area contributed by atoms with E-state index in [0.717, 1.165) is 11.1 Å². The number of hydrogen-bond acceptors (Lipinski definition) is 3. The zero-order valence-corrected chi connectivity index (χ0v) is 13.0. The van der Waals surface area contributed by atoms with Crippen LogP contribution in [0.15, 0.2) is 18.2 Å². The summed E-state index contributed by atoms with van der Waals surface area (Å²) >= 11 is 1.28. The summed E-state index contributed by atoms with van der Waals surface area (Å²) in [6.07, 6.45) is 1.47. The molecule has 1 aliphatic rings. The van der Waals surface area contributed by atoms with E-state index in [-0.39, 0.29) is 24.2 Å². The first-order chi connectivity index (χ1) is 10.5. The zero-order chi connectivity index (χ0) is 15.9. The summed E-state index contributed by atoms with van der Waals surface area (Å²) in [5.41, 5.74) is 0.643. The summed E-state index contributed by atoms with van der Waals surface area (Å²) in [7, 11) is 0. The number of benzene rings is 1. The van der Waals surface area contributed by atoms with Crippen LogP contribution in [0.1, 0.15) is 34.5 Å². The predicted molar refractivity (Wildman–Crippen MR) is 82.8 cm³/mol. The lowest BCUT2D eigenvalue weighted by molar-refractivity contribution is -0.137. The van der Waals surface area contributed by atoms with Gasteiger partial charge in [0.25, 0.3) is 5.91 Å². The Balaban J connectivity index is 1.97. The molecule has 0 spiro atoms. The molecule has 1 aromatic heterocycles. The minimum Gasteiger partial charge on any atom is -0.481 e. The molecule has 0 bridgehead atoms. The molecule has 2 aromatic rings. The van der Waals surface area contributed by atoms with Gasteiger partial charge in [0.15, 0.2) is 0 Å². The number of carboxylic acid groups (broad SMARTS) is 1. The average Bonchev–Trinajstić information content (AvgIpc) is 3.03. The van der Waals surface area contributed by atoms with Crippen molar-refractivity contribution in [3.8, 4) is 0 Å². The highest BCUT2D eigenvalue weighted by Crippen LogP contribution is 2.34. The number of amides is 1. The molecule has 22 heavy (non-hydrogen) atoms. The van der Waals surface area contributed by atoms with Crippen molar-refractivity contribution < 1.29 is 19.1 Å². The molecule has 2 heterocycles. The van der Waals surface area contributed by atoms with Crippen molar-refractivity contribution in [3.05, 3.63) is 34.5 Å². The zero-order valence-electron chi connectivity index (χ0n) is 12.1. The van der Waals surface area contributed by atoms with Gasteiger partial charge in [0.2, 0.25) is 0 Å². The topological polar surface area (TPSA) is 57.6 Å². The number of carbonyl (C=O) groups is 2. The molecule has 1 unspecified atom stereocenters. The van der Waals surface area contributed by atoms with Crippen molar-refractivity contribution in [2.45, 2.75) is 32.2 Å². The third kappa shape index (κ3) is 2.47. The van der Waals surface area contributed by atoms with Crippen LogP contribution in [0.2, 0.25) is 0 Å². The van der Waals surface area contributed by atoms with Crippen LogP contribution in [-0.2, 0) is 4.79 Å². The second-order valence-electron chi connectivity index (χ2n) is 5.56. The van der Waals surface area contributed by atoms with Gasteiger partial charge in [0.1, 0.15) is 5.82 Å². The van der Waals surface area contributed by atoms with Gasteiger partial charge in [-0.3, -0.25) is 9.59 Å². The molecule has 4 nitrogen and oxygen atoms in total. The van der Waals surface area contributed by atoms with Crippen LogP contribution >= 0.6 is 11.3 Å². The Morgan fingerprint density at radius 1 is 1.45 bits per heavy atom. The van der Waals surface area contributed by atoms with E-state index in [0.29, 0.717) is 28.8 Å². The lowest BCUT2D eigenvalue weighted by Gasteiger charge is -2.23. The van der Waals surface area contributed by atoms with Gasteiger partial charge < -0.3 is 10.0 Å². The highest BCUT2D eigenvalue weighted by Gasteiger charge is 2.32. The summed E-state index contributed by atoms with van der Waals surface area (Å²) in [5, 5.41) is 9.45. The lowest BCUT2D eigenvalue weighted by Crippen LogP contribution is -2.36. The number of aliphatic carboxylic acids is 1. The van der Waals surface area contributed by atoms with E-state index in [1.165, 1.54) is 17.4 Å². The fourth-order valence-corrected chi connectivity index (χ4v) is 4.28. The molecule has 1 atom stereocenters. The van der Waals surface area contributed by atoms with Crippen LogP contribution in [0.5, 0.6) is 0 Å². The molecule has 1 aromatic carbocycles. The van der Waals surface area contributed by atoms with E-state index in [1.807, 2.05) is 0 Å². The molecule has 1 saturated heterocycles. The van der Waals surface area contributed by atoms with Crippen LogP contribution < -0.4 is 0 Å². The molecule has 0 radical (unpaired) electrons. The number of carbonyl (C=O) groups excluding carboxylic acids is 1. The van der Waals surface area contributed by atoms with Crippen molar-refractivity contribution in [2.75, 3.05) is 6.54 Å². The largest absolute Gasteiger partial charge is 0.481 e. The fraction of sp³-hybridized carbons (Fsp3) is 0.375. The number of rotatable bonds is 3. The predicted octanol–water partition coefficient (Wildman–Crippen LogP) is 3.43. The Labute approximate surface area is 131 Å². The average molecular weight is 321 g/mol. The second-order valence-corrected chi connectivity index (χ2v) is 6.61. The van der Waals surface area contributed by atoms with Gasteiger partial charge in [-0.2, -0.15) is 0 Å². The van der Waals surface area contributed by atoms with Gasteiger partial charge >= 0.3 is 5.97 Å². The number of aryl methyl sites for hydroxylation is 1. The van der Waals surface area contributed by atoms with Crippen LogP contribution in [0.25, 0.3) is 10.1 Å². The molecule has 6 heteroatoms. The van der Waals surface area contributed by atoms with Crippen LogP contribution in [0, 0.1) is 12.7 Å². The molecule has 1 aliphatic heterocycles. The summed E-state index contributed by atoms with van der Waals surface area (Å²) in [4.78, 5) is 25.8. The number of hydrogen-bond donors (Lipinski definition) is 1. The Hall–Kier alpha value is -1.95. The first-order valence-corrected chi connectivity index (χ1v) is 8.01. The van der Waals surface area contributed by atoms with Crippen molar-refractivity contribution in [2.24, 2.45) is 0 Å². The molecule has 1 fully saturated rings. The van der Waals surface area contributed by atoms with Gasteiger partial charge in [-0.15, -0.1) is 11.3 Å². The van der Waals surface area contributed by atoms with Gasteiger partial charge in [-0.25, -0.2) is 4.39 Å². The van der Waals surface area contributed by atoms with Crippen molar-refractivity contribution >= 4 is 33.3 Å². The summed E-state index contributed by atoms with van der Waals surface area (Å²) < 4.78 is 14.7. The Morgan fingerprint density at radius 2 is 2.23 bits per heavy atom. The van der Waals surface area contributed by atoms with Crippen molar-refractivity contribution in [1.29, 1.82) is 0 Å². The number of thiophene rings is 1. The number of nitrogens with zero attached hydrogens (tertiary/aromatic N) is 1. The maximum atomic E-state index is 14.0. The third-order valence-electron chi connectivity index (χ3n) is 4.15. The van der Waals surface area contributed by atoms with Gasteiger partial charge in [-0.05, 0) is 37.5 Å². The Bertz CT molecular complexity index is 755. The number of halogens is 1. The van der Waals surface area contributed by atoms with Crippen LogP contribution in [0.3, 0.4) is 0 Å². The Kier molecular flexibility index (Phi) is 3.87. The van der Waals surface area contributed by atoms with Crippen LogP contribution in [-0.4, -0.2) is 34.5 Å². The van der Waals surface area contributed by atoms with E-state index in [9.17, 15) is 14.0 Å². The van der Waals surface area contributed by atoms with Crippen molar-refractivity contribution in [1.82, 2.24) is 4.90 Å². The van der Waals surface area contributed by atoms with E-state index in [2.05, 4.69) is 0 Å². The monoisotopic (exact) mass is 321 g/mol. The molecule has 116 valence electrons. The maximum Gasteiger partial charge on any atom is 0.305 e. The molecular weight excluding hydrogens is 305 g/mol. The highest BCUT2D eigenvalue weighted by atomic mass is 32.1. The molecule has 1 N–H and O–H groups in total. The highest BCUT2D eigenvalue weighted by molar-refractivity contribution is 7.21. The lowest BCUT2D eigenvalue weighted by atomic mass is 10.1. The van der Waals surface area contributed by atoms with Gasteiger partial charge in [-0.1, -0.05) is 6.07 Å². The van der Waals surface area contributed by atoms with Crippen molar-refractivity contribution in [3.63, 3.8) is 0 Å². The van der Waals surface area contributed by atoms with E-state index in [4.69, 9.17) is 5.11 Å². The maximum absolute atomic E-state index is 14.0. The molecular formula is C16H16FNO3S. The van der Waals surface area contributed by atoms with E-state index < -0.39 is 5.97 Å². The molecule has 0 saturated carbocycles. The number of carboxylic acids is 1. The Morgan fingerprint density at radius 3 is 2.91 bits per heavy atom. The van der Waals surface area contributed by atoms with E-state index >= 15 is 0 Å². The number of likely N-dealkylation sites (tertiary alicyclic amines) is 1. The fourth-order valence-electron chi connectivity index (χ4n) is 3.10. The standard InChI is InChI=1S/C16H16FNO3S/c1-9-14-11(17)5-2-6-12(14)22-15(9)16(21)18-7-3-4-10(18)8-13(19)20/h2,5-6,10H,3-4,7-8H2,1H3,(H,19,20). The SMILES string of the molecule is Cc1c(C(=O)N2CCCC2CC(=O)O)sc2cccc(F)c12.